The van der Waals surface area contributed by atoms with Crippen molar-refractivity contribution in [2.75, 3.05) is 0 Å². The van der Waals surface area contributed by atoms with Crippen molar-refractivity contribution in [3.05, 3.63) is 95.6 Å². The summed E-state index contributed by atoms with van der Waals surface area (Å²) >= 11 is 0. The molecular formula is C23H18F3NO3. The van der Waals surface area contributed by atoms with Gasteiger partial charge in [0.15, 0.2) is 0 Å². The molecule has 3 aromatic carbocycles. The quantitative estimate of drug-likeness (QED) is 0.567. The number of hydrogen-bond acceptors (Lipinski definition) is 3. The highest BCUT2D eigenvalue weighted by atomic mass is 19.4. The standard InChI is InChI=1S/C23H18F3NO3/c24-23(25,26)17-10-6-15(7-11-17)14-20-21(30-22(28)27-20)16-8-12-19(13-9-16)29-18-4-2-1-3-5-18/h1-13,20-21H,14H2,(H,27,28). The zero-order chi connectivity index (χ0) is 21.1. The summed E-state index contributed by atoms with van der Waals surface area (Å²) in [5.41, 5.74) is 0.738. The number of alkyl carbamates (subject to hydrolysis) is 1. The Morgan fingerprint density at radius 3 is 2.13 bits per heavy atom. The van der Waals surface area contributed by atoms with Crippen LogP contribution in [0.3, 0.4) is 0 Å². The third-order valence-electron chi connectivity index (χ3n) is 4.83. The minimum absolute atomic E-state index is 0.344. The number of nitrogens with one attached hydrogen (secondary N) is 1. The molecule has 0 spiro atoms. The van der Waals surface area contributed by atoms with E-state index in [1.807, 2.05) is 42.5 Å². The van der Waals surface area contributed by atoms with Gasteiger partial charge in [-0.25, -0.2) is 4.79 Å². The van der Waals surface area contributed by atoms with Gasteiger partial charge in [0.1, 0.15) is 17.6 Å². The zero-order valence-electron chi connectivity index (χ0n) is 15.7. The van der Waals surface area contributed by atoms with Gasteiger partial charge in [0, 0.05) is 0 Å². The van der Waals surface area contributed by atoms with E-state index in [9.17, 15) is 18.0 Å². The first kappa shape index (κ1) is 19.8. The molecular weight excluding hydrogens is 395 g/mol. The number of hydrogen-bond donors (Lipinski definition) is 1. The number of halogens is 3. The smallest absolute Gasteiger partial charge is 0.416 e. The second kappa shape index (κ2) is 8.10. The molecule has 1 aliphatic heterocycles. The average Bonchev–Trinajstić information content (AvgIpc) is 3.09. The Bertz CT molecular complexity index is 1000. The van der Waals surface area contributed by atoms with Crippen LogP contribution in [-0.2, 0) is 17.3 Å². The Morgan fingerprint density at radius 1 is 0.867 bits per heavy atom. The van der Waals surface area contributed by atoms with Crippen LogP contribution in [0.5, 0.6) is 11.5 Å². The van der Waals surface area contributed by atoms with Gasteiger partial charge in [0.05, 0.1) is 11.6 Å². The van der Waals surface area contributed by atoms with Gasteiger partial charge in [-0.2, -0.15) is 13.2 Å². The van der Waals surface area contributed by atoms with Crippen molar-refractivity contribution >= 4 is 6.09 Å². The fourth-order valence-corrected chi connectivity index (χ4v) is 3.35. The number of ether oxygens (including phenoxy) is 2. The molecule has 1 aliphatic rings. The molecule has 1 saturated heterocycles. The predicted octanol–water partition coefficient (Wildman–Crippen LogP) is 5.89. The molecule has 7 heteroatoms. The number of rotatable bonds is 5. The highest BCUT2D eigenvalue weighted by Gasteiger charge is 2.35. The molecule has 1 N–H and O–H groups in total. The third-order valence-corrected chi connectivity index (χ3v) is 4.83. The first-order chi connectivity index (χ1) is 14.4. The summed E-state index contributed by atoms with van der Waals surface area (Å²) < 4.78 is 49.4. The summed E-state index contributed by atoms with van der Waals surface area (Å²) in [5.74, 6) is 1.35. The molecule has 0 aliphatic carbocycles. The lowest BCUT2D eigenvalue weighted by atomic mass is 9.96. The van der Waals surface area contributed by atoms with Crippen LogP contribution in [0, 0.1) is 0 Å². The Balaban J connectivity index is 1.46. The second-order valence-corrected chi connectivity index (χ2v) is 6.96. The summed E-state index contributed by atoms with van der Waals surface area (Å²) in [6.45, 7) is 0. The van der Waals surface area contributed by atoms with Gasteiger partial charge in [0.25, 0.3) is 0 Å². The monoisotopic (exact) mass is 413 g/mol. The minimum atomic E-state index is -4.38. The van der Waals surface area contributed by atoms with E-state index < -0.39 is 30.0 Å². The number of cyclic esters (lactones) is 1. The normalized spacial score (nSPS) is 18.6. The SMILES string of the molecule is O=C1NC(Cc2ccc(C(F)(F)F)cc2)C(c2ccc(Oc3ccccc3)cc2)O1. The van der Waals surface area contributed by atoms with E-state index in [0.29, 0.717) is 23.5 Å². The summed E-state index contributed by atoms with van der Waals surface area (Å²) in [6, 6.07) is 21.0. The number of amides is 1. The molecule has 30 heavy (non-hydrogen) atoms. The molecule has 0 aromatic heterocycles. The minimum Gasteiger partial charge on any atom is -0.457 e. The Labute approximate surface area is 171 Å². The zero-order valence-corrected chi connectivity index (χ0v) is 15.7. The van der Waals surface area contributed by atoms with Gasteiger partial charge in [-0.1, -0.05) is 42.5 Å². The van der Waals surface area contributed by atoms with Crippen LogP contribution in [0.2, 0.25) is 0 Å². The summed E-state index contributed by atoms with van der Waals surface area (Å²) in [5, 5.41) is 2.74. The van der Waals surface area contributed by atoms with Crippen molar-refractivity contribution in [3.63, 3.8) is 0 Å². The van der Waals surface area contributed by atoms with Crippen LogP contribution in [0.25, 0.3) is 0 Å². The summed E-state index contributed by atoms with van der Waals surface area (Å²) in [7, 11) is 0. The molecule has 0 saturated carbocycles. The van der Waals surface area contributed by atoms with Crippen molar-refractivity contribution in [1.29, 1.82) is 0 Å². The lowest BCUT2D eigenvalue weighted by Crippen LogP contribution is -2.30. The molecule has 2 atom stereocenters. The lowest BCUT2D eigenvalue weighted by molar-refractivity contribution is -0.137. The molecule has 2 unspecified atom stereocenters. The molecule has 0 bridgehead atoms. The van der Waals surface area contributed by atoms with E-state index in [2.05, 4.69) is 5.32 Å². The largest absolute Gasteiger partial charge is 0.457 e. The molecule has 1 heterocycles. The number of carbonyl (C=O) groups excluding carboxylic acids is 1. The number of alkyl halides is 3. The third kappa shape index (κ3) is 4.56. The first-order valence-electron chi connectivity index (χ1n) is 9.35. The van der Waals surface area contributed by atoms with E-state index in [4.69, 9.17) is 9.47 Å². The average molecular weight is 413 g/mol. The predicted molar refractivity (Wildman–Crippen MR) is 104 cm³/mol. The maximum atomic E-state index is 12.7. The van der Waals surface area contributed by atoms with Crippen molar-refractivity contribution in [1.82, 2.24) is 5.32 Å². The van der Waals surface area contributed by atoms with Crippen molar-refractivity contribution in [2.45, 2.75) is 24.7 Å². The van der Waals surface area contributed by atoms with Gasteiger partial charge in [-0.05, 0) is 53.9 Å². The van der Waals surface area contributed by atoms with Crippen molar-refractivity contribution in [2.24, 2.45) is 0 Å². The van der Waals surface area contributed by atoms with Crippen LogP contribution < -0.4 is 10.1 Å². The maximum absolute atomic E-state index is 12.7. The van der Waals surface area contributed by atoms with Crippen LogP contribution in [-0.4, -0.2) is 12.1 Å². The topological polar surface area (TPSA) is 47.6 Å². The van der Waals surface area contributed by atoms with Gasteiger partial charge in [-0.15, -0.1) is 0 Å². The second-order valence-electron chi connectivity index (χ2n) is 6.96. The van der Waals surface area contributed by atoms with Crippen LogP contribution >= 0.6 is 0 Å². The van der Waals surface area contributed by atoms with E-state index in [1.54, 1.807) is 12.1 Å². The molecule has 4 rings (SSSR count). The highest BCUT2D eigenvalue weighted by Crippen LogP contribution is 2.32. The molecule has 0 radical (unpaired) electrons. The van der Waals surface area contributed by atoms with E-state index in [1.165, 1.54) is 12.1 Å². The fourth-order valence-electron chi connectivity index (χ4n) is 3.35. The fraction of sp³-hybridized carbons (Fsp3) is 0.174. The Kier molecular flexibility index (Phi) is 5.35. The molecule has 1 fully saturated rings. The maximum Gasteiger partial charge on any atom is 0.416 e. The highest BCUT2D eigenvalue weighted by molar-refractivity contribution is 5.70. The van der Waals surface area contributed by atoms with E-state index in [-0.39, 0.29) is 0 Å². The van der Waals surface area contributed by atoms with Crippen molar-refractivity contribution < 1.29 is 27.4 Å². The summed E-state index contributed by atoms with van der Waals surface area (Å²) in [4.78, 5) is 11.8. The molecule has 4 nitrogen and oxygen atoms in total. The van der Waals surface area contributed by atoms with Gasteiger partial charge < -0.3 is 14.8 Å². The number of benzene rings is 3. The van der Waals surface area contributed by atoms with E-state index in [0.717, 1.165) is 17.7 Å². The Hall–Kier alpha value is -3.48. The first-order valence-corrected chi connectivity index (χ1v) is 9.35. The lowest BCUT2D eigenvalue weighted by Gasteiger charge is -2.18. The van der Waals surface area contributed by atoms with E-state index >= 15 is 0 Å². The van der Waals surface area contributed by atoms with Gasteiger partial charge in [0.2, 0.25) is 0 Å². The van der Waals surface area contributed by atoms with Gasteiger partial charge in [-0.3, -0.25) is 0 Å². The van der Waals surface area contributed by atoms with Gasteiger partial charge >= 0.3 is 12.3 Å². The molecule has 154 valence electrons. The summed E-state index contributed by atoms with van der Waals surface area (Å²) in [6.07, 6.45) is -5.14. The molecule has 1 amide bonds. The van der Waals surface area contributed by atoms with Crippen molar-refractivity contribution in [3.8, 4) is 11.5 Å². The Morgan fingerprint density at radius 2 is 1.50 bits per heavy atom. The molecule has 3 aromatic rings. The number of para-hydroxylation sites is 1. The van der Waals surface area contributed by atoms with Crippen LogP contribution in [0.1, 0.15) is 22.8 Å². The number of carbonyl (C=O) groups is 1. The van der Waals surface area contributed by atoms with Crippen LogP contribution in [0.4, 0.5) is 18.0 Å². The van der Waals surface area contributed by atoms with Crippen LogP contribution in [0.15, 0.2) is 78.9 Å².